The second-order valence-electron chi connectivity index (χ2n) is 2.43. The largest absolute Gasteiger partial charge is 0.305 e. The minimum atomic E-state index is -0.208. The third-order valence-corrected chi connectivity index (χ3v) is 1.31. The molecular weight excluding hydrogens is 182 g/mol. The topological polar surface area (TPSA) is 79.8 Å². The maximum atomic E-state index is 11.2. The van der Waals surface area contributed by atoms with Crippen molar-refractivity contribution in [2.75, 3.05) is 18.4 Å². The summed E-state index contributed by atoms with van der Waals surface area (Å²) < 4.78 is 0. The molecular formula is C8H11N5O. The van der Waals surface area contributed by atoms with Crippen molar-refractivity contribution in [3.8, 4) is 0 Å². The molecule has 1 aromatic rings. The Morgan fingerprint density at radius 1 is 1.57 bits per heavy atom. The Morgan fingerprint density at radius 2 is 2.43 bits per heavy atom. The summed E-state index contributed by atoms with van der Waals surface area (Å²) in [6, 6.07) is 0. The maximum absolute atomic E-state index is 11.2. The summed E-state index contributed by atoms with van der Waals surface area (Å²) >= 11 is 0. The van der Waals surface area contributed by atoms with E-state index in [1.54, 1.807) is 6.08 Å². The number of rotatable bonds is 5. The lowest BCUT2D eigenvalue weighted by Gasteiger charge is -2.01. The van der Waals surface area contributed by atoms with Crippen molar-refractivity contribution in [3.63, 3.8) is 0 Å². The predicted molar refractivity (Wildman–Crippen MR) is 51.5 cm³/mol. The summed E-state index contributed by atoms with van der Waals surface area (Å²) in [5, 5.41) is 12.5. The molecule has 1 amide bonds. The van der Waals surface area contributed by atoms with Gasteiger partial charge in [-0.15, -0.1) is 11.7 Å². The lowest BCUT2D eigenvalue weighted by atomic mass is 10.5. The minimum Gasteiger partial charge on any atom is -0.305 e. The summed E-state index contributed by atoms with van der Waals surface area (Å²) in [6.07, 6.45) is 4.57. The van der Waals surface area contributed by atoms with Crippen LogP contribution in [0.3, 0.4) is 0 Å². The summed E-state index contributed by atoms with van der Waals surface area (Å²) in [6.45, 7) is 4.30. The van der Waals surface area contributed by atoms with Crippen LogP contribution in [0, 0.1) is 0 Å². The van der Waals surface area contributed by atoms with E-state index in [2.05, 4.69) is 32.4 Å². The average Bonchev–Trinajstić information content (AvgIpc) is 2.20. The zero-order valence-electron chi connectivity index (χ0n) is 7.60. The van der Waals surface area contributed by atoms with Crippen molar-refractivity contribution in [1.29, 1.82) is 0 Å². The molecule has 6 heteroatoms. The van der Waals surface area contributed by atoms with E-state index in [9.17, 15) is 4.79 Å². The number of carbonyl (C=O) groups excluding carboxylic acids is 1. The van der Waals surface area contributed by atoms with Gasteiger partial charge in [-0.3, -0.25) is 10.1 Å². The Hall–Kier alpha value is -1.82. The first kappa shape index (κ1) is 10.3. The number of nitrogens with zero attached hydrogens (tertiary/aromatic N) is 3. The second-order valence-corrected chi connectivity index (χ2v) is 2.43. The summed E-state index contributed by atoms with van der Waals surface area (Å²) in [7, 11) is 0. The SMILES string of the molecule is C=CCNCC(=O)Nc1nccnn1. The Balaban J connectivity index is 2.31. The second kappa shape index (κ2) is 5.76. The van der Waals surface area contributed by atoms with Gasteiger partial charge in [-0.05, 0) is 0 Å². The lowest BCUT2D eigenvalue weighted by molar-refractivity contribution is -0.115. The molecule has 0 saturated heterocycles. The molecule has 0 atom stereocenters. The monoisotopic (exact) mass is 193 g/mol. The Kier molecular flexibility index (Phi) is 4.22. The van der Waals surface area contributed by atoms with Crippen molar-refractivity contribution in [3.05, 3.63) is 25.0 Å². The van der Waals surface area contributed by atoms with Crippen LogP contribution in [0.4, 0.5) is 5.95 Å². The molecule has 14 heavy (non-hydrogen) atoms. The van der Waals surface area contributed by atoms with E-state index in [0.29, 0.717) is 6.54 Å². The highest BCUT2D eigenvalue weighted by atomic mass is 16.2. The molecule has 0 bridgehead atoms. The van der Waals surface area contributed by atoms with E-state index in [1.807, 2.05) is 0 Å². The summed E-state index contributed by atoms with van der Waals surface area (Å²) in [5.74, 6) is -0.00208. The molecule has 0 aliphatic heterocycles. The Bertz CT molecular complexity index is 300. The van der Waals surface area contributed by atoms with Crippen molar-refractivity contribution in [2.45, 2.75) is 0 Å². The molecule has 6 nitrogen and oxygen atoms in total. The van der Waals surface area contributed by atoms with E-state index in [4.69, 9.17) is 0 Å². The molecule has 0 aliphatic carbocycles. The van der Waals surface area contributed by atoms with Crippen molar-refractivity contribution < 1.29 is 4.79 Å². The van der Waals surface area contributed by atoms with E-state index < -0.39 is 0 Å². The van der Waals surface area contributed by atoms with Crippen LogP contribution in [0.15, 0.2) is 25.0 Å². The third-order valence-electron chi connectivity index (χ3n) is 1.31. The number of carbonyl (C=O) groups is 1. The standard InChI is InChI=1S/C8H11N5O/c1-2-3-9-6-7(14)12-8-10-4-5-11-13-8/h2,4-5,9H,1,3,6H2,(H,10,12,13,14). The van der Waals surface area contributed by atoms with Crippen LogP contribution >= 0.6 is 0 Å². The molecule has 1 aromatic heterocycles. The first-order valence-electron chi connectivity index (χ1n) is 4.08. The number of hydrogen-bond acceptors (Lipinski definition) is 5. The maximum Gasteiger partial charge on any atom is 0.249 e. The number of aromatic nitrogens is 3. The van der Waals surface area contributed by atoms with E-state index in [1.165, 1.54) is 12.4 Å². The quantitative estimate of drug-likeness (QED) is 0.490. The Morgan fingerprint density at radius 3 is 3.07 bits per heavy atom. The van der Waals surface area contributed by atoms with Crippen molar-refractivity contribution >= 4 is 11.9 Å². The van der Waals surface area contributed by atoms with E-state index in [-0.39, 0.29) is 18.4 Å². The van der Waals surface area contributed by atoms with Gasteiger partial charge in [-0.2, -0.15) is 5.10 Å². The summed E-state index contributed by atoms with van der Waals surface area (Å²) in [5.41, 5.74) is 0. The molecule has 0 spiro atoms. The van der Waals surface area contributed by atoms with Gasteiger partial charge in [0.15, 0.2) is 0 Å². The highest BCUT2D eigenvalue weighted by molar-refractivity contribution is 5.90. The zero-order chi connectivity index (χ0) is 10.2. The fourth-order valence-corrected chi connectivity index (χ4v) is 0.762. The van der Waals surface area contributed by atoms with Gasteiger partial charge in [0, 0.05) is 6.54 Å². The van der Waals surface area contributed by atoms with Gasteiger partial charge in [0.25, 0.3) is 0 Å². The molecule has 1 rings (SSSR count). The van der Waals surface area contributed by atoms with Crippen molar-refractivity contribution in [2.24, 2.45) is 0 Å². The fraction of sp³-hybridized carbons (Fsp3) is 0.250. The zero-order valence-corrected chi connectivity index (χ0v) is 7.60. The van der Waals surface area contributed by atoms with Crippen LogP contribution in [-0.2, 0) is 4.79 Å². The van der Waals surface area contributed by atoms with Gasteiger partial charge in [-0.1, -0.05) is 6.08 Å². The van der Waals surface area contributed by atoms with Crippen LogP contribution in [0.2, 0.25) is 0 Å². The molecule has 0 unspecified atom stereocenters. The molecule has 1 heterocycles. The van der Waals surface area contributed by atoms with Gasteiger partial charge in [-0.25, -0.2) is 4.98 Å². The van der Waals surface area contributed by atoms with Crippen LogP contribution in [0.5, 0.6) is 0 Å². The van der Waals surface area contributed by atoms with Crippen LogP contribution in [0.25, 0.3) is 0 Å². The predicted octanol–water partition coefficient (Wildman–Crippen LogP) is -0.414. The molecule has 0 aromatic carbocycles. The highest BCUT2D eigenvalue weighted by Crippen LogP contribution is 1.90. The van der Waals surface area contributed by atoms with Gasteiger partial charge in [0.2, 0.25) is 11.9 Å². The molecule has 74 valence electrons. The molecule has 0 radical (unpaired) electrons. The van der Waals surface area contributed by atoms with Gasteiger partial charge < -0.3 is 5.32 Å². The Labute approximate surface area is 81.5 Å². The first-order valence-corrected chi connectivity index (χ1v) is 4.08. The molecule has 0 aliphatic rings. The van der Waals surface area contributed by atoms with Gasteiger partial charge >= 0.3 is 0 Å². The van der Waals surface area contributed by atoms with Gasteiger partial charge in [0.1, 0.15) is 0 Å². The third kappa shape index (κ3) is 3.72. The van der Waals surface area contributed by atoms with Crippen molar-refractivity contribution in [1.82, 2.24) is 20.5 Å². The number of nitrogens with one attached hydrogen (secondary N) is 2. The van der Waals surface area contributed by atoms with E-state index >= 15 is 0 Å². The normalized spacial score (nSPS) is 9.43. The minimum absolute atomic E-state index is 0.199. The van der Waals surface area contributed by atoms with E-state index in [0.717, 1.165) is 0 Å². The average molecular weight is 193 g/mol. The lowest BCUT2D eigenvalue weighted by Crippen LogP contribution is -2.28. The van der Waals surface area contributed by atoms with Crippen LogP contribution < -0.4 is 10.6 Å². The number of anilines is 1. The fourth-order valence-electron chi connectivity index (χ4n) is 0.762. The molecule has 2 N–H and O–H groups in total. The summed E-state index contributed by atoms with van der Waals surface area (Å²) in [4.78, 5) is 15.0. The van der Waals surface area contributed by atoms with Gasteiger partial charge in [0.05, 0.1) is 18.9 Å². The molecule has 0 saturated carbocycles. The number of hydrogen-bond donors (Lipinski definition) is 2. The van der Waals surface area contributed by atoms with Crippen LogP contribution in [0.1, 0.15) is 0 Å². The van der Waals surface area contributed by atoms with Crippen LogP contribution in [-0.4, -0.2) is 34.2 Å². The highest BCUT2D eigenvalue weighted by Gasteiger charge is 2.02. The first-order chi connectivity index (χ1) is 6.83. The molecule has 0 fully saturated rings. The smallest absolute Gasteiger partial charge is 0.249 e. The number of amides is 1.